The second-order valence-electron chi connectivity index (χ2n) is 2.52. The molecule has 12 heavy (non-hydrogen) atoms. The molecule has 0 aliphatic carbocycles. The maximum absolute atomic E-state index is 10.8. The third-order valence-corrected chi connectivity index (χ3v) is 1.42. The van der Waals surface area contributed by atoms with Crippen LogP contribution in [-0.2, 0) is 14.3 Å². The van der Waals surface area contributed by atoms with E-state index >= 15 is 0 Å². The van der Waals surface area contributed by atoms with Crippen molar-refractivity contribution in [3.8, 4) is 0 Å². The summed E-state index contributed by atoms with van der Waals surface area (Å²) in [6.07, 6.45) is 3.26. The van der Waals surface area contributed by atoms with Gasteiger partial charge < -0.3 is 15.2 Å². The lowest BCUT2D eigenvalue weighted by Crippen LogP contribution is -2.07. The van der Waals surface area contributed by atoms with Gasteiger partial charge in [-0.2, -0.15) is 0 Å². The predicted molar refractivity (Wildman–Crippen MR) is 45.5 cm³/mol. The molecule has 0 bridgehead atoms. The third kappa shape index (κ3) is 7.50. The van der Waals surface area contributed by atoms with Gasteiger partial charge in [0.05, 0.1) is 0 Å². The smallest absolute Gasteiger partial charge is 0.307 e. The van der Waals surface area contributed by atoms with Crippen LogP contribution < -0.4 is 5.73 Å². The van der Waals surface area contributed by atoms with Gasteiger partial charge in [-0.05, 0) is 19.4 Å². The molecule has 0 aromatic carbocycles. The number of rotatable bonds is 7. The van der Waals surface area contributed by atoms with Crippen LogP contribution in [0.25, 0.3) is 0 Å². The van der Waals surface area contributed by atoms with Crippen LogP contribution in [0.2, 0.25) is 0 Å². The van der Waals surface area contributed by atoms with Crippen LogP contribution in [-0.4, -0.2) is 26.4 Å². The van der Waals surface area contributed by atoms with Gasteiger partial charge in [0.1, 0.15) is 0 Å². The summed E-state index contributed by atoms with van der Waals surface area (Å²) < 4.78 is 9.26. The van der Waals surface area contributed by atoms with E-state index in [0.717, 1.165) is 19.3 Å². The molecule has 4 heteroatoms. The van der Waals surface area contributed by atoms with Gasteiger partial charge in [-0.3, -0.25) is 4.79 Å². The second-order valence-corrected chi connectivity index (χ2v) is 2.52. The number of carbonyl (C=O) groups is 1. The minimum atomic E-state index is -0.200. The first-order valence-corrected chi connectivity index (χ1v) is 4.16. The minimum absolute atomic E-state index is 0.0513. The molecule has 72 valence electrons. The van der Waals surface area contributed by atoms with Crippen molar-refractivity contribution in [3.63, 3.8) is 0 Å². The molecule has 0 unspecified atom stereocenters. The van der Waals surface area contributed by atoms with Crippen LogP contribution in [0.5, 0.6) is 0 Å². The lowest BCUT2D eigenvalue weighted by atomic mass is 10.2. The predicted octanol–water partition coefficient (Wildman–Crippen LogP) is 0.653. The monoisotopic (exact) mass is 175 g/mol. The zero-order valence-electron chi connectivity index (χ0n) is 7.54. The Bertz CT molecular complexity index is 117. The first kappa shape index (κ1) is 11.4. The minimum Gasteiger partial charge on any atom is -0.438 e. The number of ether oxygens (including phenoxy) is 2. The van der Waals surface area contributed by atoms with E-state index < -0.39 is 0 Å². The summed E-state index contributed by atoms with van der Waals surface area (Å²) in [5.41, 5.74) is 5.29. The first-order valence-electron chi connectivity index (χ1n) is 4.16. The van der Waals surface area contributed by atoms with E-state index in [2.05, 4.69) is 9.47 Å². The van der Waals surface area contributed by atoms with Gasteiger partial charge in [-0.1, -0.05) is 6.42 Å². The molecule has 0 heterocycles. The van der Waals surface area contributed by atoms with Gasteiger partial charge in [0.15, 0.2) is 6.79 Å². The van der Waals surface area contributed by atoms with Crippen molar-refractivity contribution in [1.29, 1.82) is 0 Å². The molecular weight excluding hydrogens is 158 g/mol. The average Bonchev–Trinajstić information content (AvgIpc) is 2.09. The van der Waals surface area contributed by atoms with E-state index in [1.54, 1.807) is 0 Å². The van der Waals surface area contributed by atoms with Gasteiger partial charge in [-0.15, -0.1) is 0 Å². The van der Waals surface area contributed by atoms with Gasteiger partial charge in [0.25, 0.3) is 0 Å². The molecule has 0 fully saturated rings. The molecule has 0 aliphatic heterocycles. The number of carbonyl (C=O) groups excluding carboxylic acids is 1. The lowest BCUT2D eigenvalue weighted by molar-refractivity contribution is -0.154. The topological polar surface area (TPSA) is 61.5 Å². The SMILES string of the molecule is COCOC(=O)CCCCCN. The van der Waals surface area contributed by atoms with Crippen LogP contribution in [0.15, 0.2) is 0 Å². The van der Waals surface area contributed by atoms with Crippen molar-refractivity contribution in [1.82, 2.24) is 0 Å². The van der Waals surface area contributed by atoms with Crippen LogP contribution in [0.1, 0.15) is 25.7 Å². The number of methoxy groups -OCH3 is 1. The van der Waals surface area contributed by atoms with Crippen LogP contribution >= 0.6 is 0 Å². The fourth-order valence-corrected chi connectivity index (χ4v) is 0.787. The molecule has 0 saturated carbocycles. The highest BCUT2D eigenvalue weighted by Crippen LogP contribution is 1.99. The van der Waals surface area contributed by atoms with Crippen LogP contribution in [0, 0.1) is 0 Å². The van der Waals surface area contributed by atoms with Gasteiger partial charge in [0.2, 0.25) is 0 Å². The Hall–Kier alpha value is -0.610. The highest BCUT2D eigenvalue weighted by atomic mass is 16.7. The summed E-state index contributed by atoms with van der Waals surface area (Å²) in [6.45, 7) is 0.739. The molecule has 2 N–H and O–H groups in total. The molecule has 0 atom stereocenters. The molecule has 0 saturated heterocycles. The summed E-state index contributed by atoms with van der Waals surface area (Å²) in [4.78, 5) is 10.8. The van der Waals surface area contributed by atoms with E-state index in [-0.39, 0.29) is 12.8 Å². The molecule has 0 rings (SSSR count). The lowest BCUT2D eigenvalue weighted by Gasteiger charge is -2.02. The molecule has 0 aromatic heterocycles. The zero-order valence-corrected chi connectivity index (χ0v) is 7.54. The van der Waals surface area contributed by atoms with Gasteiger partial charge >= 0.3 is 5.97 Å². The summed E-state index contributed by atoms with van der Waals surface area (Å²) in [5, 5.41) is 0. The second kappa shape index (κ2) is 8.49. The van der Waals surface area contributed by atoms with Crippen molar-refractivity contribution >= 4 is 5.97 Å². The summed E-state index contributed by atoms with van der Waals surface area (Å²) >= 11 is 0. The molecule has 4 nitrogen and oxygen atoms in total. The van der Waals surface area contributed by atoms with Crippen molar-refractivity contribution in [2.45, 2.75) is 25.7 Å². The zero-order chi connectivity index (χ0) is 9.23. The average molecular weight is 175 g/mol. The fourth-order valence-electron chi connectivity index (χ4n) is 0.787. The Balaban J connectivity index is 3.08. The van der Waals surface area contributed by atoms with E-state index in [9.17, 15) is 4.79 Å². The van der Waals surface area contributed by atoms with Gasteiger partial charge in [-0.25, -0.2) is 0 Å². The summed E-state index contributed by atoms with van der Waals surface area (Å²) in [6, 6.07) is 0. The summed E-state index contributed by atoms with van der Waals surface area (Å²) in [5.74, 6) is -0.200. The Morgan fingerprint density at radius 3 is 2.67 bits per heavy atom. The first-order chi connectivity index (χ1) is 5.81. The largest absolute Gasteiger partial charge is 0.438 e. The van der Waals surface area contributed by atoms with Crippen molar-refractivity contribution in [3.05, 3.63) is 0 Å². The van der Waals surface area contributed by atoms with E-state index in [1.807, 2.05) is 0 Å². The normalized spacial score (nSPS) is 9.83. The molecule has 0 aromatic rings. The standard InChI is InChI=1S/C8H17NO3/c1-11-7-12-8(10)5-3-2-4-6-9/h2-7,9H2,1H3. The fraction of sp³-hybridized carbons (Fsp3) is 0.875. The Labute approximate surface area is 73.0 Å². The van der Waals surface area contributed by atoms with Gasteiger partial charge in [0, 0.05) is 13.5 Å². The van der Waals surface area contributed by atoms with Crippen LogP contribution in [0.3, 0.4) is 0 Å². The number of hydrogen-bond acceptors (Lipinski definition) is 4. The Morgan fingerprint density at radius 2 is 2.08 bits per heavy atom. The Morgan fingerprint density at radius 1 is 1.33 bits per heavy atom. The maximum Gasteiger partial charge on any atom is 0.307 e. The van der Waals surface area contributed by atoms with Crippen molar-refractivity contribution in [2.75, 3.05) is 20.4 Å². The molecular formula is C8H17NO3. The van der Waals surface area contributed by atoms with E-state index in [4.69, 9.17) is 5.73 Å². The van der Waals surface area contributed by atoms with Crippen molar-refractivity contribution in [2.24, 2.45) is 5.73 Å². The van der Waals surface area contributed by atoms with Crippen molar-refractivity contribution < 1.29 is 14.3 Å². The maximum atomic E-state index is 10.8. The highest BCUT2D eigenvalue weighted by Gasteiger charge is 2.00. The number of esters is 1. The number of hydrogen-bond donors (Lipinski definition) is 1. The summed E-state index contributed by atoms with van der Waals surface area (Å²) in [7, 11) is 1.49. The number of unbranched alkanes of at least 4 members (excludes halogenated alkanes) is 2. The molecule has 0 radical (unpaired) electrons. The Kier molecular flexibility index (Phi) is 8.05. The molecule has 0 spiro atoms. The van der Waals surface area contributed by atoms with E-state index in [1.165, 1.54) is 7.11 Å². The van der Waals surface area contributed by atoms with Crippen LogP contribution in [0.4, 0.5) is 0 Å². The third-order valence-electron chi connectivity index (χ3n) is 1.42. The highest BCUT2D eigenvalue weighted by molar-refractivity contribution is 5.69. The quantitative estimate of drug-likeness (QED) is 0.350. The molecule has 0 amide bonds. The van der Waals surface area contributed by atoms with E-state index in [0.29, 0.717) is 13.0 Å². The number of nitrogens with two attached hydrogens (primary N) is 1. The molecule has 0 aliphatic rings.